The van der Waals surface area contributed by atoms with Gasteiger partial charge >= 0.3 is 5.97 Å². The standard InChI is InChI=1S/C8H14O3/c1-5(2)11-8(10)6(3)7(4)9/h5-6H,1-4H3. The van der Waals surface area contributed by atoms with E-state index in [9.17, 15) is 9.59 Å². The molecular formula is C8H14O3. The Morgan fingerprint density at radius 3 is 1.91 bits per heavy atom. The average Bonchev–Trinajstić information content (AvgIpc) is 1.84. The molecule has 0 rings (SSSR count). The van der Waals surface area contributed by atoms with Gasteiger partial charge in [0.2, 0.25) is 0 Å². The topological polar surface area (TPSA) is 43.4 Å². The first-order chi connectivity index (χ1) is 4.95. The van der Waals surface area contributed by atoms with E-state index in [1.807, 2.05) is 0 Å². The van der Waals surface area contributed by atoms with Gasteiger partial charge in [0.1, 0.15) is 11.7 Å². The SMILES string of the molecule is CC(=O)C(C)C(=O)OC(C)C. The number of carbonyl (C=O) groups is 2. The van der Waals surface area contributed by atoms with Gasteiger partial charge in [-0.2, -0.15) is 0 Å². The molecule has 0 aromatic rings. The lowest BCUT2D eigenvalue weighted by atomic mass is 10.1. The van der Waals surface area contributed by atoms with Crippen molar-refractivity contribution in [2.75, 3.05) is 0 Å². The van der Waals surface area contributed by atoms with E-state index in [0.717, 1.165) is 0 Å². The molecule has 0 saturated heterocycles. The molecule has 0 radical (unpaired) electrons. The zero-order valence-electron chi connectivity index (χ0n) is 7.38. The number of ether oxygens (including phenoxy) is 1. The Morgan fingerprint density at radius 2 is 1.64 bits per heavy atom. The van der Waals surface area contributed by atoms with Crippen molar-refractivity contribution in [3.63, 3.8) is 0 Å². The van der Waals surface area contributed by atoms with Crippen LogP contribution >= 0.6 is 0 Å². The summed E-state index contributed by atoms with van der Waals surface area (Å²) < 4.78 is 4.81. The van der Waals surface area contributed by atoms with Crippen molar-refractivity contribution < 1.29 is 14.3 Å². The maximum atomic E-state index is 11.0. The quantitative estimate of drug-likeness (QED) is 0.457. The van der Waals surface area contributed by atoms with Crippen LogP contribution in [0.25, 0.3) is 0 Å². The Hall–Kier alpha value is -0.860. The van der Waals surface area contributed by atoms with E-state index in [1.54, 1.807) is 20.8 Å². The lowest BCUT2D eigenvalue weighted by Crippen LogP contribution is -2.23. The second-order valence-electron chi connectivity index (χ2n) is 2.82. The minimum atomic E-state index is -0.627. The molecule has 0 amide bonds. The first-order valence-corrected chi connectivity index (χ1v) is 3.66. The van der Waals surface area contributed by atoms with Crippen LogP contribution in [0.5, 0.6) is 0 Å². The van der Waals surface area contributed by atoms with Crippen molar-refractivity contribution in [2.24, 2.45) is 5.92 Å². The third kappa shape index (κ3) is 3.75. The lowest BCUT2D eigenvalue weighted by Gasteiger charge is -2.10. The van der Waals surface area contributed by atoms with E-state index < -0.39 is 11.9 Å². The molecule has 0 N–H and O–H groups in total. The van der Waals surface area contributed by atoms with Crippen LogP contribution in [0.3, 0.4) is 0 Å². The number of esters is 1. The molecule has 0 heterocycles. The maximum Gasteiger partial charge on any atom is 0.316 e. The van der Waals surface area contributed by atoms with E-state index in [4.69, 9.17) is 4.74 Å². The first kappa shape index (κ1) is 10.1. The summed E-state index contributed by atoms with van der Waals surface area (Å²) in [6.07, 6.45) is -0.149. The molecule has 11 heavy (non-hydrogen) atoms. The molecule has 0 bridgehead atoms. The smallest absolute Gasteiger partial charge is 0.316 e. The highest BCUT2D eigenvalue weighted by molar-refractivity contribution is 5.97. The molecular weight excluding hydrogens is 144 g/mol. The molecule has 64 valence electrons. The van der Waals surface area contributed by atoms with Crippen LogP contribution < -0.4 is 0 Å². The van der Waals surface area contributed by atoms with E-state index in [0.29, 0.717) is 0 Å². The van der Waals surface area contributed by atoms with E-state index in [-0.39, 0.29) is 11.9 Å². The van der Waals surface area contributed by atoms with Gasteiger partial charge in [0.25, 0.3) is 0 Å². The van der Waals surface area contributed by atoms with Gasteiger partial charge in [-0.1, -0.05) is 0 Å². The van der Waals surface area contributed by atoms with Gasteiger partial charge in [-0.25, -0.2) is 0 Å². The van der Waals surface area contributed by atoms with Gasteiger partial charge in [-0.05, 0) is 27.7 Å². The second-order valence-corrected chi connectivity index (χ2v) is 2.82. The van der Waals surface area contributed by atoms with Crippen LogP contribution in [0, 0.1) is 5.92 Å². The van der Waals surface area contributed by atoms with Gasteiger partial charge < -0.3 is 4.74 Å². The van der Waals surface area contributed by atoms with Gasteiger partial charge in [0, 0.05) is 0 Å². The Balaban J connectivity index is 3.93. The minimum Gasteiger partial charge on any atom is -0.462 e. The fourth-order valence-electron chi connectivity index (χ4n) is 0.500. The summed E-state index contributed by atoms with van der Waals surface area (Å²) in [6, 6.07) is 0. The highest BCUT2D eigenvalue weighted by Crippen LogP contribution is 2.02. The summed E-state index contributed by atoms with van der Waals surface area (Å²) >= 11 is 0. The monoisotopic (exact) mass is 158 g/mol. The minimum absolute atomic E-state index is 0.149. The largest absolute Gasteiger partial charge is 0.462 e. The number of Topliss-reactive ketones (excluding diaryl/α,β-unsaturated/α-hetero) is 1. The number of hydrogen-bond donors (Lipinski definition) is 0. The van der Waals surface area contributed by atoms with Crippen molar-refractivity contribution in [3.8, 4) is 0 Å². The highest BCUT2D eigenvalue weighted by Gasteiger charge is 2.19. The zero-order valence-corrected chi connectivity index (χ0v) is 7.38. The van der Waals surface area contributed by atoms with Gasteiger partial charge in [0.05, 0.1) is 6.10 Å². The highest BCUT2D eigenvalue weighted by atomic mass is 16.5. The Labute approximate surface area is 66.7 Å². The first-order valence-electron chi connectivity index (χ1n) is 3.66. The molecule has 0 fully saturated rings. The molecule has 0 spiro atoms. The third-order valence-electron chi connectivity index (χ3n) is 1.32. The summed E-state index contributed by atoms with van der Waals surface area (Å²) in [5, 5.41) is 0. The number of ketones is 1. The Kier molecular flexibility index (Phi) is 3.79. The van der Waals surface area contributed by atoms with E-state index in [1.165, 1.54) is 6.92 Å². The number of carbonyl (C=O) groups excluding carboxylic acids is 2. The van der Waals surface area contributed by atoms with Crippen molar-refractivity contribution in [1.29, 1.82) is 0 Å². The normalized spacial score (nSPS) is 12.8. The van der Waals surface area contributed by atoms with Gasteiger partial charge in [-0.3, -0.25) is 9.59 Å². The molecule has 1 atom stereocenters. The molecule has 3 nitrogen and oxygen atoms in total. The molecule has 0 aliphatic heterocycles. The van der Waals surface area contributed by atoms with Crippen LogP contribution in [0.2, 0.25) is 0 Å². The Morgan fingerprint density at radius 1 is 1.18 bits per heavy atom. The molecule has 0 saturated carbocycles. The summed E-state index contributed by atoms with van der Waals surface area (Å²) in [5.41, 5.74) is 0. The number of hydrogen-bond acceptors (Lipinski definition) is 3. The van der Waals surface area contributed by atoms with Crippen molar-refractivity contribution in [3.05, 3.63) is 0 Å². The second kappa shape index (κ2) is 4.11. The Bertz CT molecular complexity index is 161. The summed E-state index contributed by atoms with van der Waals surface area (Å²) in [7, 11) is 0. The summed E-state index contributed by atoms with van der Waals surface area (Å²) in [5.74, 6) is -1.22. The maximum absolute atomic E-state index is 11.0. The van der Waals surface area contributed by atoms with Crippen LogP contribution in [0.1, 0.15) is 27.7 Å². The average molecular weight is 158 g/mol. The van der Waals surface area contributed by atoms with Crippen LogP contribution in [0.15, 0.2) is 0 Å². The van der Waals surface area contributed by atoms with Crippen molar-refractivity contribution in [2.45, 2.75) is 33.8 Å². The fraction of sp³-hybridized carbons (Fsp3) is 0.750. The predicted octanol–water partition coefficient (Wildman–Crippen LogP) is 1.16. The number of rotatable bonds is 3. The third-order valence-corrected chi connectivity index (χ3v) is 1.32. The van der Waals surface area contributed by atoms with Gasteiger partial charge in [-0.15, -0.1) is 0 Å². The lowest BCUT2D eigenvalue weighted by molar-refractivity contribution is -0.154. The van der Waals surface area contributed by atoms with Gasteiger partial charge in [0.15, 0.2) is 0 Å². The summed E-state index contributed by atoms with van der Waals surface area (Å²) in [4.78, 5) is 21.6. The molecule has 0 aromatic carbocycles. The van der Waals surface area contributed by atoms with E-state index >= 15 is 0 Å². The molecule has 0 aliphatic rings. The van der Waals surface area contributed by atoms with Crippen LogP contribution in [-0.2, 0) is 14.3 Å². The van der Waals surface area contributed by atoms with Crippen molar-refractivity contribution >= 4 is 11.8 Å². The molecule has 0 aliphatic carbocycles. The zero-order chi connectivity index (χ0) is 9.02. The van der Waals surface area contributed by atoms with Crippen molar-refractivity contribution in [1.82, 2.24) is 0 Å². The van der Waals surface area contributed by atoms with Crippen LogP contribution in [0.4, 0.5) is 0 Å². The van der Waals surface area contributed by atoms with Crippen LogP contribution in [-0.4, -0.2) is 17.9 Å². The fourth-order valence-corrected chi connectivity index (χ4v) is 0.500. The molecule has 0 aromatic heterocycles. The van der Waals surface area contributed by atoms with E-state index in [2.05, 4.69) is 0 Å². The summed E-state index contributed by atoms with van der Waals surface area (Å²) in [6.45, 7) is 6.44. The molecule has 3 heteroatoms. The predicted molar refractivity (Wildman–Crippen MR) is 41.1 cm³/mol. The molecule has 1 unspecified atom stereocenters.